The first-order valence-electron chi connectivity index (χ1n) is 32.4. The molecule has 1 atom stereocenters. The highest BCUT2D eigenvalue weighted by atomic mass is 16.6. The molecule has 1 unspecified atom stereocenters. The number of hydrogen-bond donors (Lipinski definition) is 0. The van der Waals surface area contributed by atoms with Crippen LogP contribution in [0.2, 0.25) is 0 Å². The first-order chi connectivity index (χ1) is 38.0. The summed E-state index contributed by atoms with van der Waals surface area (Å²) >= 11 is 0. The summed E-state index contributed by atoms with van der Waals surface area (Å²) in [6.07, 6.45) is 88.1. The highest BCUT2D eigenvalue weighted by Crippen LogP contribution is 2.16. The van der Waals surface area contributed by atoms with Crippen LogP contribution in [0.3, 0.4) is 0 Å². The summed E-state index contributed by atoms with van der Waals surface area (Å²) in [6, 6.07) is 0. The molecule has 0 spiro atoms. The van der Waals surface area contributed by atoms with E-state index in [1.165, 1.54) is 128 Å². The number of ether oxygens (including phenoxy) is 3. The maximum atomic E-state index is 12.9. The molecular formula is C71H120O6. The summed E-state index contributed by atoms with van der Waals surface area (Å²) in [5.74, 6) is -0.895. The van der Waals surface area contributed by atoms with Gasteiger partial charge in [0.25, 0.3) is 0 Å². The Balaban J connectivity index is 4.28. The van der Waals surface area contributed by atoms with Crippen LogP contribution >= 0.6 is 0 Å². The highest BCUT2D eigenvalue weighted by Gasteiger charge is 2.19. The van der Waals surface area contributed by atoms with Gasteiger partial charge < -0.3 is 14.2 Å². The van der Waals surface area contributed by atoms with Crippen molar-refractivity contribution >= 4 is 17.9 Å². The fraction of sp³-hybridized carbons (Fsp3) is 0.704. The topological polar surface area (TPSA) is 78.9 Å². The molecule has 440 valence electrons. The lowest BCUT2D eigenvalue weighted by Gasteiger charge is -2.18. The number of rotatable bonds is 58. The van der Waals surface area contributed by atoms with Crippen LogP contribution in [0.25, 0.3) is 0 Å². The largest absolute Gasteiger partial charge is 0.462 e. The van der Waals surface area contributed by atoms with Gasteiger partial charge >= 0.3 is 17.9 Å². The Morgan fingerprint density at radius 3 is 0.792 bits per heavy atom. The average molecular weight is 1070 g/mol. The smallest absolute Gasteiger partial charge is 0.306 e. The third-order valence-corrected chi connectivity index (χ3v) is 13.8. The van der Waals surface area contributed by atoms with Crippen molar-refractivity contribution < 1.29 is 28.6 Å². The van der Waals surface area contributed by atoms with E-state index >= 15 is 0 Å². The molecule has 6 heteroatoms. The third-order valence-electron chi connectivity index (χ3n) is 13.8. The van der Waals surface area contributed by atoms with Crippen molar-refractivity contribution in [1.29, 1.82) is 0 Å². The van der Waals surface area contributed by atoms with Gasteiger partial charge in [0.2, 0.25) is 0 Å². The number of unbranched alkanes of at least 4 members (excludes halogenated alkanes) is 29. The van der Waals surface area contributed by atoms with Gasteiger partial charge in [-0.15, -0.1) is 0 Å². The predicted octanol–water partition coefficient (Wildman–Crippen LogP) is 22.2. The lowest BCUT2D eigenvalue weighted by molar-refractivity contribution is -0.167. The second-order valence-electron chi connectivity index (χ2n) is 21.3. The second kappa shape index (κ2) is 64.6. The van der Waals surface area contributed by atoms with E-state index < -0.39 is 6.10 Å². The molecule has 0 aliphatic heterocycles. The number of allylic oxidation sites excluding steroid dienone is 18. The first-order valence-corrected chi connectivity index (χ1v) is 32.4. The van der Waals surface area contributed by atoms with E-state index in [0.29, 0.717) is 19.3 Å². The molecule has 0 N–H and O–H groups in total. The molecular weight excluding hydrogens is 949 g/mol. The molecule has 0 aromatic heterocycles. The standard InChI is InChI=1S/C71H120O6/c1-4-7-10-13-16-19-22-24-26-28-30-32-33-34-35-36-37-39-40-42-44-46-49-52-55-58-61-64-70(73)76-67-68(66-75-69(72)63-60-57-54-51-48-21-18-15-12-9-6-3)77-71(74)65-62-59-56-53-50-47-45-43-41-38-31-29-27-25-23-20-17-14-11-8-5-2/h7-8,10-11,16-17,19-20,24-27,30-32,38,43,45,68H,4-6,9,12-15,18,21-23,28-29,33-37,39-42,44,46-67H2,1-3H3/b10-7-,11-8-,19-16-,20-17-,26-24-,27-25-,32-30-,38-31-,45-43-. The zero-order chi connectivity index (χ0) is 55.7. The van der Waals surface area contributed by atoms with Gasteiger partial charge in [0.15, 0.2) is 6.10 Å². The molecule has 0 aromatic rings. The van der Waals surface area contributed by atoms with Crippen LogP contribution in [0.4, 0.5) is 0 Å². The SMILES string of the molecule is CC/C=C\C/C=C\C/C=C\C/C=C\C/C=C\CCCCCCCC(=O)OC(COC(=O)CCCCCCCCCCCCC)COC(=O)CCCCCCCCCCCCCCCC/C=C\C/C=C\C/C=C\C/C=C\CC. The lowest BCUT2D eigenvalue weighted by atomic mass is 10.0. The van der Waals surface area contributed by atoms with Gasteiger partial charge in [-0.2, -0.15) is 0 Å². The molecule has 0 aliphatic carbocycles. The molecule has 0 rings (SSSR count). The Hall–Kier alpha value is -3.93. The monoisotopic (exact) mass is 1070 g/mol. The van der Waals surface area contributed by atoms with Crippen LogP contribution in [0.1, 0.15) is 303 Å². The zero-order valence-corrected chi connectivity index (χ0v) is 50.4. The molecule has 0 heterocycles. The van der Waals surface area contributed by atoms with Gasteiger partial charge in [-0.3, -0.25) is 14.4 Å². The lowest BCUT2D eigenvalue weighted by Crippen LogP contribution is -2.30. The summed E-state index contributed by atoms with van der Waals surface area (Å²) in [6.45, 7) is 6.41. The minimum atomic E-state index is -0.789. The molecule has 6 nitrogen and oxygen atoms in total. The number of hydrogen-bond acceptors (Lipinski definition) is 6. The predicted molar refractivity (Wildman–Crippen MR) is 334 cm³/mol. The number of carbonyl (C=O) groups is 3. The van der Waals surface area contributed by atoms with E-state index in [0.717, 1.165) is 135 Å². The molecule has 0 fully saturated rings. The molecule has 0 radical (unpaired) electrons. The van der Waals surface area contributed by atoms with Crippen molar-refractivity contribution in [2.24, 2.45) is 0 Å². The Morgan fingerprint density at radius 2 is 0.506 bits per heavy atom. The van der Waals surface area contributed by atoms with E-state index in [4.69, 9.17) is 14.2 Å². The van der Waals surface area contributed by atoms with Crippen molar-refractivity contribution in [1.82, 2.24) is 0 Å². The van der Waals surface area contributed by atoms with E-state index in [2.05, 4.69) is 130 Å². The number of esters is 3. The Labute approximate surface area is 476 Å². The summed E-state index contributed by atoms with van der Waals surface area (Å²) < 4.78 is 16.9. The maximum absolute atomic E-state index is 12.9. The van der Waals surface area contributed by atoms with Crippen molar-refractivity contribution in [2.45, 2.75) is 309 Å². The van der Waals surface area contributed by atoms with E-state index in [1.54, 1.807) is 0 Å². The van der Waals surface area contributed by atoms with Crippen molar-refractivity contribution in [3.63, 3.8) is 0 Å². The van der Waals surface area contributed by atoms with Crippen LogP contribution in [0, 0.1) is 0 Å². The van der Waals surface area contributed by atoms with Crippen molar-refractivity contribution in [2.75, 3.05) is 13.2 Å². The average Bonchev–Trinajstić information content (AvgIpc) is 3.43. The molecule has 0 amide bonds. The highest BCUT2D eigenvalue weighted by molar-refractivity contribution is 5.71. The Kier molecular flexibility index (Phi) is 61.3. The summed E-state index contributed by atoms with van der Waals surface area (Å²) in [5, 5.41) is 0. The van der Waals surface area contributed by atoms with Gasteiger partial charge in [0, 0.05) is 19.3 Å². The molecule has 0 saturated carbocycles. The van der Waals surface area contributed by atoms with Gasteiger partial charge in [-0.05, 0) is 103 Å². The Morgan fingerprint density at radius 1 is 0.273 bits per heavy atom. The summed E-state index contributed by atoms with van der Waals surface area (Å²) in [5.41, 5.74) is 0. The van der Waals surface area contributed by atoms with Crippen LogP contribution in [0.5, 0.6) is 0 Å². The van der Waals surface area contributed by atoms with Crippen molar-refractivity contribution in [3.8, 4) is 0 Å². The summed E-state index contributed by atoms with van der Waals surface area (Å²) in [7, 11) is 0. The van der Waals surface area contributed by atoms with Crippen LogP contribution in [-0.4, -0.2) is 37.2 Å². The third kappa shape index (κ3) is 62.8. The molecule has 0 aromatic carbocycles. The Bertz CT molecular complexity index is 1560. The van der Waals surface area contributed by atoms with Gasteiger partial charge in [-0.25, -0.2) is 0 Å². The zero-order valence-electron chi connectivity index (χ0n) is 50.4. The second-order valence-corrected chi connectivity index (χ2v) is 21.3. The molecule has 0 aliphatic rings. The van der Waals surface area contributed by atoms with Gasteiger partial charge in [0.1, 0.15) is 13.2 Å². The van der Waals surface area contributed by atoms with Crippen LogP contribution < -0.4 is 0 Å². The van der Waals surface area contributed by atoms with E-state index in [-0.39, 0.29) is 31.1 Å². The molecule has 77 heavy (non-hydrogen) atoms. The minimum Gasteiger partial charge on any atom is -0.462 e. The fourth-order valence-corrected chi connectivity index (χ4v) is 8.99. The maximum Gasteiger partial charge on any atom is 0.306 e. The fourth-order valence-electron chi connectivity index (χ4n) is 8.99. The first kappa shape index (κ1) is 73.1. The summed E-state index contributed by atoms with van der Waals surface area (Å²) in [4.78, 5) is 38.3. The normalized spacial score (nSPS) is 12.8. The minimum absolute atomic E-state index is 0.0839. The van der Waals surface area contributed by atoms with Gasteiger partial charge in [-0.1, -0.05) is 291 Å². The van der Waals surface area contributed by atoms with Crippen molar-refractivity contribution in [3.05, 3.63) is 109 Å². The molecule has 0 saturated heterocycles. The quantitative estimate of drug-likeness (QED) is 0.0261. The van der Waals surface area contributed by atoms with E-state index in [1.807, 2.05) is 0 Å². The number of carbonyl (C=O) groups excluding carboxylic acids is 3. The van der Waals surface area contributed by atoms with E-state index in [9.17, 15) is 14.4 Å². The van der Waals surface area contributed by atoms with Gasteiger partial charge in [0.05, 0.1) is 0 Å². The molecule has 0 bridgehead atoms. The van der Waals surface area contributed by atoms with Crippen LogP contribution in [-0.2, 0) is 28.6 Å². The van der Waals surface area contributed by atoms with Crippen LogP contribution in [0.15, 0.2) is 109 Å².